The third kappa shape index (κ3) is 4.66. The highest BCUT2D eigenvalue weighted by Crippen LogP contribution is 2.18. The molecule has 2 heterocycles. The summed E-state index contributed by atoms with van der Waals surface area (Å²) < 4.78 is 4.74. The normalized spacial score (nSPS) is 10.1. The quantitative estimate of drug-likeness (QED) is 0.655. The fraction of sp³-hybridized carbons (Fsp3) is 0.100. The van der Waals surface area contributed by atoms with E-state index in [-0.39, 0.29) is 11.5 Å². The number of hydrogen-bond acceptors (Lipinski definition) is 6. The van der Waals surface area contributed by atoms with Crippen LogP contribution in [0.25, 0.3) is 0 Å². The maximum absolute atomic E-state index is 12.6. The van der Waals surface area contributed by atoms with Crippen LogP contribution in [0.2, 0.25) is 0 Å². The molecule has 0 spiro atoms. The summed E-state index contributed by atoms with van der Waals surface area (Å²) in [5, 5.41) is 5.93. The molecule has 7 nitrogen and oxygen atoms in total. The minimum absolute atomic E-state index is 0.284. The van der Waals surface area contributed by atoms with E-state index in [9.17, 15) is 9.59 Å². The standard InChI is InChI=1S/C20H18N4O3/c1-27-20(26)17-6-2-3-7-18(17)24-19(25)15-9-16(13-22-12-15)23-11-14-5-4-8-21-10-14/h2-10,12-13,23H,11H2,1H3,(H,24,25). The summed E-state index contributed by atoms with van der Waals surface area (Å²) in [7, 11) is 1.29. The molecule has 0 saturated heterocycles. The number of aromatic nitrogens is 2. The zero-order chi connectivity index (χ0) is 19.1. The first-order chi connectivity index (χ1) is 13.2. The molecule has 3 rings (SSSR count). The zero-order valence-electron chi connectivity index (χ0n) is 14.7. The van der Waals surface area contributed by atoms with E-state index in [1.165, 1.54) is 13.3 Å². The number of nitrogens with zero attached hydrogens (tertiary/aromatic N) is 2. The number of hydrogen-bond donors (Lipinski definition) is 2. The molecule has 7 heteroatoms. The van der Waals surface area contributed by atoms with Crippen molar-refractivity contribution in [2.75, 3.05) is 17.7 Å². The van der Waals surface area contributed by atoms with E-state index in [2.05, 4.69) is 20.6 Å². The molecule has 0 aliphatic rings. The van der Waals surface area contributed by atoms with Crippen LogP contribution in [0.1, 0.15) is 26.3 Å². The van der Waals surface area contributed by atoms with E-state index < -0.39 is 5.97 Å². The van der Waals surface area contributed by atoms with Gasteiger partial charge < -0.3 is 15.4 Å². The highest BCUT2D eigenvalue weighted by Gasteiger charge is 2.14. The van der Waals surface area contributed by atoms with Crippen LogP contribution in [-0.2, 0) is 11.3 Å². The number of para-hydroxylation sites is 1. The molecule has 3 aromatic rings. The Hall–Kier alpha value is -3.74. The molecule has 2 N–H and O–H groups in total. The Labute approximate surface area is 156 Å². The lowest BCUT2D eigenvalue weighted by Crippen LogP contribution is -2.16. The van der Waals surface area contributed by atoms with Gasteiger partial charge in [-0.25, -0.2) is 4.79 Å². The van der Waals surface area contributed by atoms with Crippen molar-refractivity contribution in [1.82, 2.24) is 9.97 Å². The number of anilines is 2. The molecular formula is C20H18N4O3. The van der Waals surface area contributed by atoms with Gasteiger partial charge in [-0.05, 0) is 29.8 Å². The second-order valence-corrected chi connectivity index (χ2v) is 5.67. The molecule has 1 amide bonds. The van der Waals surface area contributed by atoms with Crippen LogP contribution in [0.4, 0.5) is 11.4 Å². The minimum atomic E-state index is -0.518. The molecule has 1 aromatic carbocycles. The van der Waals surface area contributed by atoms with E-state index in [0.29, 0.717) is 23.5 Å². The summed E-state index contributed by atoms with van der Waals surface area (Å²) in [5.74, 6) is -0.889. The summed E-state index contributed by atoms with van der Waals surface area (Å²) in [4.78, 5) is 32.6. The molecule has 136 valence electrons. The summed E-state index contributed by atoms with van der Waals surface area (Å²) in [6.45, 7) is 0.561. The van der Waals surface area contributed by atoms with Crippen molar-refractivity contribution in [3.63, 3.8) is 0 Å². The second-order valence-electron chi connectivity index (χ2n) is 5.67. The molecule has 0 atom stereocenters. The Bertz CT molecular complexity index is 945. The third-order valence-corrected chi connectivity index (χ3v) is 3.80. The third-order valence-electron chi connectivity index (χ3n) is 3.80. The van der Waals surface area contributed by atoms with Crippen LogP contribution in [0.3, 0.4) is 0 Å². The van der Waals surface area contributed by atoms with Crippen molar-refractivity contribution in [3.8, 4) is 0 Å². The van der Waals surface area contributed by atoms with Gasteiger partial charge in [0.15, 0.2) is 0 Å². The first-order valence-corrected chi connectivity index (χ1v) is 8.24. The lowest BCUT2D eigenvalue weighted by molar-refractivity contribution is 0.0602. The fourth-order valence-corrected chi connectivity index (χ4v) is 2.44. The van der Waals surface area contributed by atoms with Gasteiger partial charge >= 0.3 is 5.97 Å². The minimum Gasteiger partial charge on any atom is -0.465 e. The highest BCUT2D eigenvalue weighted by atomic mass is 16.5. The highest BCUT2D eigenvalue weighted by molar-refractivity contribution is 6.08. The van der Waals surface area contributed by atoms with Crippen molar-refractivity contribution in [3.05, 3.63) is 83.9 Å². The van der Waals surface area contributed by atoms with E-state index in [1.807, 2.05) is 12.1 Å². The summed E-state index contributed by atoms with van der Waals surface area (Å²) >= 11 is 0. The molecule has 0 radical (unpaired) electrons. The number of amides is 1. The van der Waals surface area contributed by atoms with Crippen molar-refractivity contribution >= 4 is 23.3 Å². The Morgan fingerprint density at radius 3 is 2.67 bits per heavy atom. The maximum Gasteiger partial charge on any atom is 0.339 e. The van der Waals surface area contributed by atoms with Crippen molar-refractivity contribution in [1.29, 1.82) is 0 Å². The van der Waals surface area contributed by atoms with Crippen LogP contribution in [0.5, 0.6) is 0 Å². The average molecular weight is 362 g/mol. The zero-order valence-corrected chi connectivity index (χ0v) is 14.7. The van der Waals surface area contributed by atoms with Crippen LogP contribution >= 0.6 is 0 Å². The monoisotopic (exact) mass is 362 g/mol. The SMILES string of the molecule is COC(=O)c1ccccc1NC(=O)c1cncc(NCc2cccnc2)c1. The number of benzene rings is 1. The Morgan fingerprint density at radius 2 is 1.89 bits per heavy atom. The van der Waals surface area contributed by atoms with Gasteiger partial charge in [-0.3, -0.25) is 14.8 Å². The number of methoxy groups -OCH3 is 1. The predicted octanol–water partition coefficient (Wildman–Crippen LogP) is 3.13. The van der Waals surface area contributed by atoms with Crippen LogP contribution < -0.4 is 10.6 Å². The summed E-state index contributed by atoms with van der Waals surface area (Å²) in [6, 6.07) is 12.2. The number of nitrogens with one attached hydrogen (secondary N) is 2. The van der Waals surface area contributed by atoms with Crippen LogP contribution in [0, 0.1) is 0 Å². The summed E-state index contributed by atoms with van der Waals surface area (Å²) in [6.07, 6.45) is 6.57. The number of carbonyl (C=O) groups is 2. The van der Waals surface area contributed by atoms with Crippen LogP contribution in [0.15, 0.2) is 67.3 Å². The van der Waals surface area contributed by atoms with Gasteiger partial charge in [-0.1, -0.05) is 18.2 Å². The van der Waals surface area contributed by atoms with E-state index in [4.69, 9.17) is 4.74 Å². The van der Waals surface area contributed by atoms with Gasteiger partial charge in [0, 0.05) is 31.3 Å². The molecule has 27 heavy (non-hydrogen) atoms. The summed E-state index contributed by atoms with van der Waals surface area (Å²) in [5.41, 5.74) is 2.74. The van der Waals surface area contributed by atoms with Crippen molar-refractivity contribution in [2.45, 2.75) is 6.54 Å². The lowest BCUT2D eigenvalue weighted by atomic mass is 10.1. The Kier molecular flexibility index (Phi) is 5.73. The van der Waals surface area contributed by atoms with E-state index in [1.54, 1.807) is 48.9 Å². The molecule has 0 aliphatic carbocycles. The fourth-order valence-electron chi connectivity index (χ4n) is 2.44. The number of ether oxygens (including phenoxy) is 1. The van der Waals surface area contributed by atoms with Gasteiger partial charge in [0.1, 0.15) is 0 Å². The molecule has 0 fully saturated rings. The van der Waals surface area contributed by atoms with Gasteiger partial charge in [0.25, 0.3) is 5.91 Å². The molecular weight excluding hydrogens is 344 g/mol. The average Bonchev–Trinajstić information content (AvgIpc) is 2.73. The molecule has 0 aliphatic heterocycles. The number of carbonyl (C=O) groups excluding carboxylic acids is 2. The van der Waals surface area contributed by atoms with Crippen molar-refractivity contribution in [2.24, 2.45) is 0 Å². The van der Waals surface area contributed by atoms with Crippen molar-refractivity contribution < 1.29 is 14.3 Å². The lowest BCUT2D eigenvalue weighted by Gasteiger charge is -2.11. The Balaban J connectivity index is 1.72. The van der Waals surface area contributed by atoms with Crippen LogP contribution in [-0.4, -0.2) is 29.0 Å². The molecule has 2 aromatic heterocycles. The van der Waals surface area contributed by atoms with Gasteiger partial charge in [0.05, 0.1) is 29.6 Å². The van der Waals surface area contributed by atoms with E-state index in [0.717, 1.165) is 5.56 Å². The van der Waals surface area contributed by atoms with Gasteiger partial charge in [0.2, 0.25) is 0 Å². The smallest absolute Gasteiger partial charge is 0.339 e. The Morgan fingerprint density at radius 1 is 1.04 bits per heavy atom. The molecule has 0 bridgehead atoms. The second kappa shape index (κ2) is 8.57. The van der Waals surface area contributed by atoms with Gasteiger partial charge in [-0.2, -0.15) is 0 Å². The van der Waals surface area contributed by atoms with Gasteiger partial charge in [-0.15, -0.1) is 0 Å². The van der Waals surface area contributed by atoms with E-state index >= 15 is 0 Å². The predicted molar refractivity (Wildman–Crippen MR) is 102 cm³/mol. The first-order valence-electron chi connectivity index (χ1n) is 8.24. The first kappa shape index (κ1) is 18.1. The topological polar surface area (TPSA) is 93.2 Å². The molecule has 0 saturated carbocycles. The number of esters is 1. The maximum atomic E-state index is 12.6. The number of pyridine rings is 2. The number of rotatable bonds is 6. The molecule has 0 unspecified atom stereocenters. The largest absolute Gasteiger partial charge is 0.465 e.